The topological polar surface area (TPSA) is 136 Å². The van der Waals surface area contributed by atoms with Crippen molar-refractivity contribution in [2.45, 2.75) is 72.4 Å². The molecule has 7 nitrogen and oxygen atoms in total. The van der Waals surface area contributed by atoms with Crippen LogP contribution < -0.4 is 16.8 Å². The fourth-order valence-corrected chi connectivity index (χ4v) is 3.18. The van der Waals surface area contributed by atoms with E-state index in [2.05, 4.69) is 5.32 Å². The number of aliphatic hydroxyl groups excluding tert-OH is 1. The van der Waals surface area contributed by atoms with Crippen LogP contribution in [0.15, 0.2) is 0 Å². The molecule has 0 aromatic rings. The molecule has 0 aromatic heterocycles. The normalized spacial score (nSPS) is 16.1. The van der Waals surface area contributed by atoms with E-state index in [0.29, 0.717) is 31.7 Å². The number of carbonyl (C=O) groups is 3. The van der Waals surface area contributed by atoms with Gasteiger partial charge in [-0.1, -0.05) is 27.7 Å². The van der Waals surface area contributed by atoms with Crippen LogP contribution in [0.3, 0.4) is 0 Å². The predicted octanol–water partition coefficient (Wildman–Crippen LogP) is 1.01. The Kier molecular flexibility index (Phi) is 12.3. The molecule has 0 bridgehead atoms. The zero-order valence-corrected chi connectivity index (χ0v) is 17.5. The molecule has 0 spiro atoms. The van der Waals surface area contributed by atoms with E-state index in [9.17, 15) is 19.5 Å². The Morgan fingerprint density at radius 2 is 1.52 bits per heavy atom. The van der Waals surface area contributed by atoms with Crippen LogP contribution in [-0.2, 0) is 14.4 Å². The van der Waals surface area contributed by atoms with E-state index in [1.165, 1.54) is 6.92 Å². The highest BCUT2D eigenvalue weighted by Crippen LogP contribution is 2.22. The maximum atomic E-state index is 12.7. The van der Waals surface area contributed by atoms with Crippen molar-refractivity contribution in [3.05, 3.63) is 0 Å². The number of nitrogens with two attached hydrogens (primary N) is 2. The number of nitrogens with one attached hydrogen (secondary N) is 1. The molecule has 1 amide bonds. The summed E-state index contributed by atoms with van der Waals surface area (Å²) in [7, 11) is 0. The Bertz CT molecular complexity index is 478. The number of hydrogen-bond donors (Lipinski definition) is 4. The molecule has 0 fully saturated rings. The first-order valence-corrected chi connectivity index (χ1v) is 10.00. The van der Waals surface area contributed by atoms with Gasteiger partial charge in [-0.25, -0.2) is 0 Å². The van der Waals surface area contributed by atoms with Gasteiger partial charge in [-0.3, -0.25) is 14.4 Å². The third-order valence-electron chi connectivity index (χ3n) is 4.75. The number of rotatable bonds is 14. The fraction of sp³-hybridized carbons (Fsp3) is 0.850. The Labute approximate surface area is 163 Å². The summed E-state index contributed by atoms with van der Waals surface area (Å²) in [6.45, 7) is 9.73. The lowest BCUT2D eigenvalue weighted by molar-refractivity contribution is -0.137. The van der Waals surface area contributed by atoms with Crippen LogP contribution in [0.5, 0.6) is 0 Å². The molecule has 0 aliphatic rings. The Hall–Kier alpha value is -1.31. The van der Waals surface area contributed by atoms with E-state index < -0.39 is 24.0 Å². The smallest absolute Gasteiger partial charge is 0.226 e. The number of Topliss-reactive ketones (excluding diaryl/α,β-unsaturated/α-hetero) is 2. The lowest BCUT2D eigenvalue weighted by Gasteiger charge is -2.25. The van der Waals surface area contributed by atoms with Crippen LogP contribution in [0, 0.1) is 23.7 Å². The lowest BCUT2D eigenvalue weighted by atomic mass is 9.84. The van der Waals surface area contributed by atoms with Gasteiger partial charge in [-0.2, -0.15) is 0 Å². The Morgan fingerprint density at radius 1 is 0.963 bits per heavy atom. The summed E-state index contributed by atoms with van der Waals surface area (Å²) in [4.78, 5) is 37.7. The quantitative estimate of drug-likeness (QED) is 0.352. The molecule has 0 aromatic carbocycles. The second kappa shape index (κ2) is 13.0. The summed E-state index contributed by atoms with van der Waals surface area (Å²) >= 11 is 0. The van der Waals surface area contributed by atoms with E-state index in [0.717, 1.165) is 0 Å². The molecular formula is C20H39N3O4. The van der Waals surface area contributed by atoms with Gasteiger partial charge >= 0.3 is 0 Å². The summed E-state index contributed by atoms with van der Waals surface area (Å²) in [6.07, 6.45) is 0.524. The largest absolute Gasteiger partial charge is 0.393 e. The van der Waals surface area contributed by atoms with Gasteiger partial charge in [0.1, 0.15) is 5.78 Å². The maximum absolute atomic E-state index is 12.7. The lowest BCUT2D eigenvalue weighted by Crippen LogP contribution is -2.48. The Balaban J connectivity index is 5.20. The zero-order chi connectivity index (χ0) is 21.1. The monoisotopic (exact) mass is 385 g/mol. The molecule has 0 saturated heterocycles. The van der Waals surface area contributed by atoms with Gasteiger partial charge < -0.3 is 21.9 Å². The molecule has 0 rings (SSSR count). The molecule has 7 heteroatoms. The highest BCUT2D eigenvalue weighted by atomic mass is 16.3. The van der Waals surface area contributed by atoms with E-state index in [4.69, 9.17) is 11.5 Å². The van der Waals surface area contributed by atoms with Gasteiger partial charge in [0.15, 0.2) is 5.78 Å². The van der Waals surface area contributed by atoms with E-state index >= 15 is 0 Å². The average molecular weight is 386 g/mol. The summed E-state index contributed by atoms with van der Waals surface area (Å²) < 4.78 is 0. The molecule has 0 heterocycles. The minimum Gasteiger partial charge on any atom is -0.393 e. The zero-order valence-electron chi connectivity index (χ0n) is 17.5. The van der Waals surface area contributed by atoms with Gasteiger partial charge in [-0.15, -0.1) is 0 Å². The van der Waals surface area contributed by atoms with E-state index in [-0.39, 0.29) is 36.4 Å². The van der Waals surface area contributed by atoms with Crippen molar-refractivity contribution in [1.82, 2.24) is 5.32 Å². The molecule has 0 aliphatic heterocycles. The third-order valence-corrected chi connectivity index (χ3v) is 4.75. The minimum absolute atomic E-state index is 0.0634. The minimum atomic E-state index is -1.00. The van der Waals surface area contributed by atoms with Gasteiger partial charge in [0.25, 0.3) is 0 Å². The first kappa shape index (κ1) is 25.7. The molecule has 0 aliphatic carbocycles. The molecule has 4 atom stereocenters. The van der Waals surface area contributed by atoms with Crippen LogP contribution in [0.1, 0.15) is 60.3 Å². The number of ketones is 2. The maximum Gasteiger partial charge on any atom is 0.226 e. The van der Waals surface area contributed by atoms with Crippen molar-refractivity contribution < 1.29 is 19.5 Å². The number of amides is 1. The van der Waals surface area contributed by atoms with Gasteiger partial charge in [0.2, 0.25) is 5.91 Å². The molecule has 158 valence electrons. The standard InChI is InChI=1S/C20H39N3O4/c1-12(2)10-15(6-8-21)18(25)11-16(14(5)24)20(27)23-17(7-9-22)19(26)13(3)4/h12-17,24H,6-11,21-22H2,1-5H3,(H,23,27)/t14-,15?,16-,17-/m0/s1. The third kappa shape index (κ3) is 9.44. The van der Waals surface area contributed by atoms with E-state index in [1.807, 2.05) is 13.8 Å². The van der Waals surface area contributed by atoms with Crippen LogP contribution in [0.2, 0.25) is 0 Å². The number of hydrogen-bond acceptors (Lipinski definition) is 6. The van der Waals surface area contributed by atoms with Gasteiger partial charge in [0.05, 0.1) is 18.1 Å². The molecule has 0 radical (unpaired) electrons. The highest BCUT2D eigenvalue weighted by Gasteiger charge is 2.32. The second-order valence-electron chi connectivity index (χ2n) is 8.12. The van der Waals surface area contributed by atoms with Crippen molar-refractivity contribution in [3.8, 4) is 0 Å². The van der Waals surface area contributed by atoms with Gasteiger partial charge in [-0.05, 0) is 45.2 Å². The summed E-state index contributed by atoms with van der Waals surface area (Å²) in [6, 6.07) is -0.700. The highest BCUT2D eigenvalue weighted by molar-refractivity contribution is 5.93. The SMILES string of the molecule is CC(C)CC(CCN)C(=O)C[C@H](C(=O)N[C@@H](CCN)C(=O)C(C)C)[C@H](C)O. The predicted molar refractivity (Wildman–Crippen MR) is 107 cm³/mol. The number of carbonyl (C=O) groups excluding carboxylic acids is 3. The van der Waals surface area contributed by atoms with Gasteiger partial charge in [0, 0.05) is 18.3 Å². The number of aliphatic hydroxyl groups is 1. The van der Waals surface area contributed by atoms with Crippen molar-refractivity contribution >= 4 is 17.5 Å². The van der Waals surface area contributed by atoms with E-state index in [1.54, 1.807) is 13.8 Å². The molecule has 0 saturated carbocycles. The van der Waals surface area contributed by atoms with Crippen molar-refractivity contribution in [2.24, 2.45) is 35.1 Å². The summed E-state index contributed by atoms with van der Waals surface area (Å²) in [5, 5.41) is 12.8. The first-order valence-electron chi connectivity index (χ1n) is 10.00. The summed E-state index contributed by atoms with van der Waals surface area (Å²) in [5.41, 5.74) is 11.2. The van der Waals surface area contributed by atoms with Crippen molar-refractivity contribution in [3.63, 3.8) is 0 Å². The fourth-order valence-electron chi connectivity index (χ4n) is 3.18. The first-order chi connectivity index (χ1) is 12.5. The molecule has 27 heavy (non-hydrogen) atoms. The van der Waals surface area contributed by atoms with Crippen molar-refractivity contribution in [1.29, 1.82) is 0 Å². The van der Waals surface area contributed by atoms with Crippen LogP contribution >= 0.6 is 0 Å². The molecular weight excluding hydrogens is 346 g/mol. The van der Waals surface area contributed by atoms with Crippen LogP contribution in [0.25, 0.3) is 0 Å². The molecule has 1 unspecified atom stereocenters. The Morgan fingerprint density at radius 3 is 1.93 bits per heavy atom. The van der Waals surface area contributed by atoms with Crippen LogP contribution in [-0.4, -0.2) is 47.8 Å². The average Bonchev–Trinajstić information content (AvgIpc) is 2.56. The van der Waals surface area contributed by atoms with Crippen LogP contribution in [0.4, 0.5) is 0 Å². The second-order valence-corrected chi connectivity index (χ2v) is 8.12. The van der Waals surface area contributed by atoms with Crippen molar-refractivity contribution in [2.75, 3.05) is 13.1 Å². The summed E-state index contributed by atoms with van der Waals surface area (Å²) in [5.74, 6) is -1.69. The molecule has 6 N–H and O–H groups in total.